The van der Waals surface area contributed by atoms with Gasteiger partial charge in [-0.3, -0.25) is 0 Å². The summed E-state index contributed by atoms with van der Waals surface area (Å²) >= 11 is 0. The number of aryl methyl sites for hydroxylation is 1. The van der Waals surface area contributed by atoms with Crippen LogP contribution in [0, 0.1) is 6.92 Å². The molecule has 0 atom stereocenters. The molecule has 1 fully saturated rings. The van der Waals surface area contributed by atoms with Crippen molar-refractivity contribution in [2.75, 3.05) is 13.1 Å². The monoisotopic (exact) mass is 313 g/mol. The fraction of sp³-hybridized carbons (Fsp3) is 0.222. The summed E-state index contributed by atoms with van der Waals surface area (Å²) in [5, 5.41) is 0. The topological polar surface area (TPSA) is 37.4 Å². The molecule has 0 unspecified atom stereocenters. The van der Waals surface area contributed by atoms with Crippen molar-refractivity contribution in [1.82, 2.24) is 4.31 Å². The Hall–Kier alpha value is -1.91. The molecule has 22 heavy (non-hydrogen) atoms. The predicted molar refractivity (Wildman–Crippen MR) is 89.0 cm³/mol. The van der Waals surface area contributed by atoms with Gasteiger partial charge in [-0.15, -0.1) is 0 Å². The van der Waals surface area contributed by atoms with Gasteiger partial charge in [-0.2, -0.15) is 4.31 Å². The van der Waals surface area contributed by atoms with Crippen LogP contribution in [0.2, 0.25) is 0 Å². The van der Waals surface area contributed by atoms with Gasteiger partial charge in [0.05, 0.1) is 4.90 Å². The zero-order chi connectivity index (χ0) is 15.6. The van der Waals surface area contributed by atoms with Gasteiger partial charge in [0, 0.05) is 13.1 Å². The molecular formula is C18H19NO2S. The third-order valence-electron chi connectivity index (χ3n) is 3.89. The molecule has 1 aliphatic rings. The van der Waals surface area contributed by atoms with Crippen LogP contribution in [-0.2, 0) is 10.0 Å². The first-order chi connectivity index (χ1) is 10.6. The van der Waals surface area contributed by atoms with E-state index >= 15 is 0 Å². The van der Waals surface area contributed by atoms with Gasteiger partial charge in [0.15, 0.2) is 0 Å². The minimum absolute atomic E-state index is 0.374. The SMILES string of the molecule is Cc1ccc(S(=O)(=O)N2CC/C(=C\c3ccccc3)C2)cc1. The lowest BCUT2D eigenvalue weighted by Gasteiger charge is -2.15. The van der Waals surface area contributed by atoms with Gasteiger partial charge in [-0.1, -0.05) is 59.7 Å². The second kappa shape index (κ2) is 6.07. The van der Waals surface area contributed by atoms with Crippen molar-refractivity contribution in [3.05, 3.63) is 71.3 Å². The summed E-state index contributed by atoms with van der Waals surface area (Å²) in [6, 6.07) is 17.1. The molecule has 1 heterocycles. The van der Waals surface area contributed by atoms with Crippen LogP contribution in [0.25, 0.3) is 6.08 Å². The van der Waals surface area contributed by atoms with Gasteiger partial charge in [0.2, 0.25) is 10.0 Å². The second-order valence-corrected chi connectivity index (χ2v) is 7.55. The standard InChI is InChI=1S/C18H19NO2S/c1-15-7-9-18(10-8-15)22(20,21)19-12-11-17(14-19)13-16-5-3-2-4-6-16/h2-10,13H,11-12,14H2,1H3/b17-13+. The molecule has 1 saturated heterocycles. The molecule has 0 aromatic heterocycles. The zero-order valence-electron chi connectivity index (χ0n) is 12.6. The van der Waals surface area contributed by atoms with Crippen molar-refractivity contribution in [3.8, 4) is 0 Å². The van der Waals surface area contributed by atoms with Crippen molar-refractivity contribution in [3.63, 3.8) is 0 Å². The summed E-state index contributed by atoms with van der Waals surface area (Å²) in [6.07, 6.45) is 2.88. The van der Waals surface area contributed by atoms with Crippen molar-refractivity contribution in [1.29, 1.82) is 0 Å². The van der Waals surface area contributed by atoms with E-state index in [4.69, 9.17) is 0 Å². The Kier molecular flexibility index (Phi) is 4.14. The lowest BCUT2D eigenvalue weighted by Crippen LogP contribution is -2.28. The Morgan fingerprint density at radius 2 is 1.68 bits per heavy atom. The summed E-state index contributed by atoms with van der Waals surface area (Å²) in [6.45, 7) is 2.98. The van der Waals surface area contributed by atoms with Gasteiger partial charge < -0.3 is 0 Å². The van der Waals surface area contributed by atoms with Crippen molar-refractivity contribution in [2.24, 2.45) is 0 Å². The molecule has 0 aliphatic carbocycles. The van der Waals surface area contributed by atoms with E-state index < -0.39 is 10.0 Å². The lowest BCUT2D eigenvalue weighted by atomic mass is 10.1. The van der Waals surface area contributed by atoms with E-state index in [1.807, 2.05) is 49.4 Å². The van der Waals surface area contributed by atoms with Crippen molar-refractivity contribution >= 4 is 16.1 Å². The maximum absolute atomic E-state index is 12.6. The highest BCUT2D eigenvalue weighted by molar-refractivity contribution is 7.89. The van der Waals surface area contributed by atoms with Crippen LogP contribution in [-0.4, -0.2) is 25.8 Å². The summed E-state index contributed by atoms with van der Waals surface area (Å²) < 4.78 is 26.8. The predicted octanol–water partition coefficient (Wildman–Crippen LogP) is 3.47. The summed E-state index contributed by atoms with van der Waals surface area (Å²) in [4.78, 5) is 0.374. The maximum atomic E-state index is 12.6. The van der Waals surface area contributed by atoms with Crippen LogP contribution < -0.4 is 0 Å². The Balaban J connectivity index is 1.80. The first kappa shape index (κ1) is 15.0. The van der Waals surface area contributed by atoms with Crippen molar-refractivity contribution in [2.45, 2.75) is 18.2 Å². The Morgan fingerprint density at radius 1 is 1.00 bits per heavy atom. The number of hydrogen-bond acceptors (Lipinski definition) is 2. The molecule has 0 radical (unpaired) electrons. The highest BCUT2D eigenvalue weighted by atomic mass is 32.2. The summed E-state index contributed by atoms with van der Waals surface area (Å²) in [7, 11) is -3.39. The van der Waals surface area contributed by atoms with Crippen LogP contribution in [0.1, 0.15) is 17.5 Å². The maximum Gasteiger partial charge on any atom is 0.243 e. The van der Waals surface area contributed by atoms with Gasteiger partial charge in [0.25, 0.3) is 0 Å². The van der Waals surface area contributed by atoms with E-state index in [9.17, 15) is 8.42 Å². The van der Waals surface area contributed by atoms with Crippen LogP contribution in [0.15, 0.2) is 65.1 Å². The molecule has 114 valence electrons. The number of rotatable bonds is 3. The molecule has 2 aromatic rings. The Morgan fingerprint density at radius 3 is 2.36 bits per heavy atom. The fourth-order valence-electron chi connectivity index (χ4n) is 2.62. The smallest absolute Gasteiger partial charge is 0.207 e. The molecule has 0 bridgehead atoms. The van der Waals surface area contributed by atoms with E-state index in [2.05, 4.69) is 6.08 Å². The van der Waals surface area contributed by atoms with Crippen molar-refractivity contribution < 1.29 is 8.42 Å². The third-order valence-corrected chi connectivity index (χ3v) is 5.75. The highest BCUT2D eigenvalue weighted by Crippen LogP contribution is 2.25. The van der Waals surface area contributed by atoms with E-state index in [1.165, 1.54) is 0 Å². The number of benzene rings is 2. The number of nitrogens with zero attached hydrogens (tertiary/aromatic N) is 1. The molecule has 3 nitrogen and oxygen atoms in total. The lowest BCUT2D eigenvalue weighted by molar-refractivity contribution is 0.482. The minimum atomic E-state index is -3.39. The first-order valence-corrected chi connectivity index (χ1v) is 8.81. The molecule has 2 aromatic carbocycles. The second-order valence-electron chi connectivity index (χ2n) is 5.61. The minimum Gasteiger partial charge on any atom is -0.207 e. The highest BCUT2D eigenvalue weighted by Gasteiger charge is 2.29. The van der Waals surface area contributed by atoms with E-state index in [1.54, 1.807) is 16.4 Å². The number of hydrogen-bond donors (Lipinski definition) is 0. The third kappa shape index (κ3) is 3.13. The molecular weight excluding hydrogens is 294 g/mol. The molecule has 1 aliphatic heterocycles. The van der Waals surface area contributed by atoms with Crippen LogP contribution in [0.5, 0.6) is 0 Å². The average Bonchev–Trinajstić information content (AvgIpc) is 2.98. The Labute approximate surface area is 132 Å². The molecule has 0 saturated carbocycles. The Bertz CT molecular complexity index is 778. The molecule has 3 rings (SSSR count). The zero-order valence-corrected chi connectivity index (χ0v) is 13.4. The van der Waals surface area contributed by atoms with Gasteiger partial charge in [0.1, 0.15) is 0 Å². The normalized spacial score (nSPS) is 18.0. The van der Waals surface area contributed by atoms with Crippen LogP contribution in [0.4, 0.5) is 0 Å². The van der Waals surface area contributed by atoms with Gasteiger partial charge >= 0.3 is 0 Å². The molecule has 4 heteroatoms. The first-order valence-electron chi connectivity index (χ1n) is 7.37. The average molecular weight is 313 g/mol. The molecule has 0 N–H and O–H groups in total. The van der Waals surface area contributed by atoms with Gasteiger partial charge in [-0.25, -0.2) is 8.42 Å². The summed E-state index contributed by atoms with van der Waals surface area (Å²) in [5.74, 6) is 0. The van der Waals surface area contributed by atoms with E-state index in [0.717, 1.165) is 23.1 Å². The van der Waals surface area contributed by atoms with Crippen LogP contribution in [0.3, 0.4) is 0 Å². The number of sulfonamides is 1. The fourth-order valence-corrected chi connectivity index (χ4v) is 4.07. The molecule has 0 spiro atoms. The largest absolute Gasteiger partial charge is 0.243 e. The van der Waals surface area contributed by atoms with Crippen LogP contribution >= 0.6 is 0 Å². The van der Waals surface area contributed by atoms with E-state index in [0.29, 0.717) is 18.0 Å². The molecule has 0 amide bonds. The van der Waals surface area contributed by atoms with E-state index in [-0.39, 0.29) is 0 Å². The summed E-state index contributed by atoms with van der Waals surface area (Å²) in [5.41, 5.74) is 3.33. The van der Waals surface area contributed by atoms with Gasteiger partial charge in [-0.05, 0) is 31.0 Å². The quantitative estimate of drug-likeness (QED) is 0.870.